The fourth-order valence-corrected chi connectivity index (χ4v) is 3.65. The van der Waals surface area contributed by atoms with Crippen LogP contribution in [0, 0.1) is 5.82 Å². The number of carbonyl (C=O) groups is 1. The van der Waals surface area contributed by atoms with Crippen molar-refractivity contribution in [2.24, 2.45) is 0 Å². The van der Waals surface area contributed by atoms with E-state index in [1.165, 1.54) is 32.3 Å². The van der Waals surface area contributed by atoms with E-state index in [9.17, 15) is 17.6 Å². The van der Waals surface area contributed by atoms with Crippen LogP contribution in [0.25, 0.3) is 0 Å². The molecule has 8 heteroatoms. The Morgan fingerprint density at radius 1 is 1.07 bits per heavy atom. The number of carbonyl (C=O) groups excluding carboxylic acids is 1. The molecule has 6 nitrogen and oxygen atoms in total. The van der Waals surface area contributed by atoms with Gasteiger partial charge in [0.1, 0.15) is 5.82 Å². The molecular formula is C20H26FN3O3S. The number of rotatable bonds is 9. The van der Waals surface area contributed by atoms with E-state index in [-0.39, 0.29) is 18.1 Å². The summed E-state index contributed by atoms with van der Waals surface area (Å²) >= 11 is 0. The normalized spacial score (nSPS) is 11.5. The number of anilines is 1. The minimum atomic E-state index is -3.91. The summed E-state index contributed by atoms with van der Waals surface area (Å²) in [5.41, 5.74) is 1.10. The molecule has 1 N–H and O–H groups in total. The van der Waals surface area contributed by atoms with Crippen LogP contribution >= 0.6 is 0 Å². The second kappa shape index (κ2) is 9.66. The van der Waals surface area contributed by atoms with Crippen molar-refractivity contribution >= 4 is 21.8 Å². The minimum absolute atomic E-state index is 0.0300. The number of unbranched alkanes of at least 4 members (excludes halogenated alkanes) is 1. The number of hydrogen-bond donors (Lipinski definition) is 1. The Morgan fingerprint density at radius 3 is 2.29 bits per heavy atom. The van der Waals surface area contributed by atoms with Gasteiger partial charge in [0.05, 0.1) is 12.2 Å². The number of benzene rings is 2. The van der Waals surface area contributed by atoms with Crippen LogP contribution in [0.1, 0.15) is 35.7 Å². The van der Waals surface area contributed by atoms with Gasteiger partial charge in [-0.2, -0.15) is 12.7 Å². The second-order valence-corrected chi connectivity index (χ2v) is 8.62. The quantitative estimate of drug-likeness (QED) is 0.649. The molecule has 28 heavy (non-hydrogen) atoms. The third-order valence-corrected chi connectivity index (χ3v) is 6.02. The lowest BCUT2D eigenvalue weighted by Crippen LogP contribution is -2.40. The molecule has 0 aliphatic carbocycles. The molecule has 0 unspecified atom stereocenters. The highest BCUT2D eigenvalue weighted by atomic mass is 32.2. The van der Waals surface area contributed by atoms with Crippen molar-refractivity contribution in [2.75, 3.05) is 24.9 Å². The fraction of sp³-hybridized carbons (Fsp3) is 0.350. The first-order valence-electron chi connectivity index (χ1n) is 9.09. The lowest BCUT2D eigenvalue weighted by Gasteiger charge is -2.27. The molecule has 0 bridgehead atoms. The maximum absolute atomic E-state index is 14.3. The standard InChI is InChI=1S/C20H26FN3O3S/c1-4-5-14-22-20(25)17-12-10-16(11-13-17)15-24(28(26,27)23(2)3)19-9-7-6-8-18(19)21/h6-13H,4-5,14-15H2,1-3H3,(H,22,25). The highest BCUT2D eigenvalue weighted by Crippen LogP contribution is 2.25. The van der Waals surface area contributed by atoms with Crippen molar-refractivity contribution in [2.45, 2.75) is 26.3 Å². The maximum atomic E-state index is 14.3. The average molecular weight is 408 g/mol. The first-order valence-corrected chi connectivity index (χ1v) is 10.5. The summed E-state index contributed by atoms with van der Waals surface area (Å²) in [5, 5.41) is 2.83. The molecule has 1 amide bonds. The van der Waals surface area contributed by atoms with Gasteiger partial charge in [-0.25, -0.2) is 4.39 Å². The Bertz CT molecular complexity index is 899. The van der Waals surface area contributed by atoms with Crippen molar-refractivity contribution < 1.29 is 17.6 Å². The molecule has 0 saturated heterocycles. The van der Waals surface area contributed by atoms with Gasteiger partial charge in [0.15, 0.2) is 0 Å². The third kappa shape index (κ3) is 5.30. The Labute approximate surface area is 166 Å². The van der Waals surface area contributed by atoms with Gasteiger partial charge in [0.2, 0.25) is 0 Å². The van der Waals surface area contributed by atoms with Gasteiger partial charge >= 0.3 is 10.2 Å². The number of nitrogens with zero attached hydrogens (tertiary/aromatic N) is 2. The molecule has 0 fully saturated rings. The summed E-state index contributed by atoms with van der Waals surface area (Å²) < 4.78 is 41.8. The largest absolute Gasteiger partial charge is 0.352 e. The first-order chi connectivity index (χ1) is 13.3. The van der Waals surface area contributed by atoms with Gasteiger partial charge in [-0.05, 0) is 36.2 Å². The lowest BCUT2D eigenvalue weighted by atomic mass is 10.1. The van der Waals surface area contributed by atoms with Crippen LogP contribution in [-0.4, -0.2) is 39.3 Å². The van der Waals surface area contributed by atoms with E-state index in [2.05, 4.69) is 5.32 Å². The zero-order chi connectivity index (χ0) is 20.7. The zero-order valence-electron chi connectivity index (χ0n) is 16.4. The summed E-state index contributed by atoms with van der Waals surface area (Å²) in [6, 6.07) is 12.4. The van der Waals surface area contributed by atoms with Crippen molar-refractivity contribution in [1.29, 1.82) is 0 Å². The van der Waals surface area contributed by atoms with E-state index < -0.39 is 16.0 Å². The van der Waals surface area contributed by atoms with Crippen LogP contribution in [0.2, 0.25) is 0 Å². The Hall–Kier alpha value is -2.45. The average Bonchev–Trinajstić information content (AvgIpc) is 2.67. The SMILES string of the molecule is CCCCNC(=O)c1ccc(CN(c2ccccc2F)S(=O)(=O)N(C)C)cc1. The Kier molecular flexibility index (Phi) is 7.53. The van der Waals surface area contributed by atoms with Gasteiger partial charge in [-0.15, -0.1) is 0 Å². The molecule has 0 saturated carbocycles. The third-order valence-electron chi connectivity index (χ3n) is 4.22. The molecule has 152 valence electrons. The maximum Gasteiger partial charge on any atom is 0.303 e. The van der Waals surface area contributed by atoms with Crippen molar-refractivity contribution in [3.63, 3.8) is 0 Å². The van der Waals surface area contributed by atoms with E-state index in [4.69, 9.17) is 0 Å². The van der Waals surface area contributed by atoms with Gasteiger partial charge in [-0.3, -0.25) is 9.10 Å². The summed E-state index contributed by atoms with van der Waals surface area (Å²) in [5.74, 6) is -0.799. The molecule has 0 spiro atoms. The topological polar surface area (TPSA) is 69.7 Å². The van der Waals surface area contributed by atoms with E-state index >= 15 is 0 Å². The predicted molar refractivity (Wildman–Crippen MR) is 109 cm³/mol. The van der Waals surface area contributed by atoms with Gasteiger partial charge in [-0.1, -0.05) is 37.6 Å². The van der Waals surface area contributed by atoms with Crippen LogP contribution in [0.5, 0.6) is 0 Å². The van der Waals surface area contributed by atoms with E-state index in [0.717, 1.165) is 21.5 Å². The first kappa shape index (κ1) is 21.8. The number of halogens is 1. The Morgan fingerprint density at radius 2 is 1.71 bits per heavy atom. The predicted octanol–water partition coefficient (Wildman–Crippen LogP) is 3.17. The smallest absolute Gasteiger partial charge is 0.303 e. The molecule has 0 radical (unpaired) electrons. The van der Waals surface area contributed by atoms with E-state index in [1.54, 1.807) is 30.3 Å². The molecule has 2 rings (SSSR count). The molecule has 2 aromatic carbocycles. The van der Waals surface area contributed by atoms with Crippen molar-refractivity contribution in [1.82, 2.24) is 9.62 Å². The summed E-state index contributed by atoms with van der Waals surface area (Å²) in [7, 11) is -1.12. The van der Waals surface area contributed by atoms with Crippen LogP contribution < -0.4 is 9.62 Å². The molecule has 2 aromatic rings. The molecular weight excluding hydrogens is 381 g/mol. The monoisotopic (exact) mass is 407 g/mol. The molecule has 0 aliphatic rings. The van der Waals surface area contributed by atoms with Gasteiger partial charge in [0, 0.05) is 26.2 Å². The van der Waals surface area contributed by atoms with Crippen LogP contribution in [0.15, 0.2) is 48.5 Å². The lowest BCUT2D eigenvalue weighted by molar-refractivity contribution is 0.0953. The molecule has 0 aromatic heterocycles. The summed E-state index contributed by atoms with van der Waals surface area (Å²) in [6.45, 7) is 2.60. The minimum Gasteiger partial charge on any atom is -0.352 e. The summed E-state index contributed by atoms with van der Waals surface area (Å²) in [4.78, 5) is 12.1. The Balaban J connectivity index is 2.26. The van der Waals surface area contributed by atoms with E-state index in [0.29, 0.717) is 17.7 Å². The number of para-hydroxylation sites is 1. The fourth-order valence-electron chi connectivity index (χ4n) is 2.55. The van der Waals surface area contributed by atoms with E-state index in [1.807, 2.05) is 6.92 Å². The zero-order valence-corrected chi connectivity index (χ0v) is 17.2. The van der Waals surface area contributed by atoms with Crippen LogP contribution in [0.3, 0.4) is 0 Å². The number of nitrogens with one attached hydrogen (secondary N) is 1. The molecule has 0 heterocycles. The molecule has 0 aliphatic heterocycles. The highest BCUT2D eigenvalue weighted by Gasteiger charge is 2.27. The highest BCUT2D eigenvalue weighted by molar-refractivity contribution is 7.90. The van der Waals surface area contributed by atoms with Gasteiger partial charge in [0.25, 0.3) is 5.91 Å². The number of amides is 1. The van der Waals surface area contributed by atoms with Gasteiger partial charge < -0.3 is 5.32 Å². The van der Waals surface area contributed by atoms with Crippen molar-refractivity contribution in [3.8, 4) is 0 Å². The van der Waals surface area contributed by atoms with Crippen LogP contribution in [0.4, 0.5) is 10.1 Å². The number of hydrogen-bond acceptors (Lipinski definition) is 3. The van der Waals surface area contributed by atoms with Crippen molar-refractivity contribution in [3.05, 3.63) is 65.5 Å². The summed E-state index contributed by atoms with van der Waals surface area (Å²) in [6.07, 6.45) is 1.90. The molecule has 0 atom stereocenters. The van der Waals surface area contributed by atoms with Crippen LogP contribution in [-0.2, 0) is 16.8 Å². The second-order valence-electron chi connectivity index (χ2n) is 6.55.